The predicted molar refractivity (Wildman–Crippen MR) is 89.4 cm³/mol. The second kappa shape index (κ2) is 6.54. The fourth-order valence-corrected chi connectivity index (χ4v) is 3.51. The molecule has 0 radical (unpaired) electrons. The van der Waals surface area contributed by atoms with Crippen LogP contribution in [0.15, 0.2) is 41.0 Å². The first-order valence-electron chi connectivity index (χ1n) is 8.58. The standard InChI is InChI=1S/C19H21NO5/c21-18(20-15-6-10-24-16-4-2-1-3-13(15)16)14-5-9-25-17(14)19(22)7-11-23-12-8-19/h1-5,9,15,22H,6-8,10-12H2,(H,20,21). The molecule has 2 N–H and O–H groups in total. The van der Waals surface area contributed by atoms with Crippen LogP contribution in [0.25, 0.3) is 0 Å². The Morgan fingerprint density at radius 3 is 2.80 bits per heavy atom. The second-order valence-electron chi connectivity index (χ2n) is 6.51. The Hall–Kier alpha value is -2.31. The minimum Gasteiger partial charge on any atom is -0.493 e. The molecule has 132 valence electrons. The number of hydrogen-bond acceptors (Lipinski definition) is 5. The highest BCUT2D eigenvalue weighted by atomic mass is 16.5. The minimum absolute atomic E-state index is 0.121. The molecule has 1 amide bonds. The maximum atomic E-state index is 12.8. The zero-order valence-electron chi connectivity index (χ0n) is 13.9. The lowest BCUT2D eigenvalue weighted by atomic mass is 9.89. The third-order valence-corrected chi connectivity index (χ3v) is 4.92. The number of amides is 1. The normalized spacial score (nSPS) is 21.9. The van der Waals surface area contributed by atoms with E-state index < -0.39 is 5.60 Å². The smallest absolute Gasteiger partial charge is 0.255 e. The number of fused-ring (bicyclic) bond motifs is 1. The van der Waals surface area contributed by atoms with Gasteiger partial charge in [0.15, 0.2) is 0 Å². The first kappa shape index (κ1) is 16.2. The third kappa shape index (κ3) is 3.03. The van der Waals surface area contributed by atoms with Crippen molar-refractivity contribution in [2.45, 2.75) is 30.9 Å². The lowest BCUT2D eigenvalue weighted by molar-refractivity contribution is -0.0804. The lowest BCUT2D eigenvalue weighted by Crippen LogP contribution is -2.37. The van der Waals surface area contributed by atoms with Crippen LogP contribution in [0.3, 0.4) is 0 Å². The van der Waals surface area contributed by atoms with E-state index >= 15 is 0 Å². The number of furan rings is 1. The SMILES string of the molecule is O=C(NC1CCOc2ccccc21)c1ccoc1C1(O)CCOCC1. The summed E-state index contributed by atoms with van der Waals surface area (Å²) in [5.41, 5.74) is 0.201. The van der Waals surface area contributed by atoms with Gasteiger partial charge < -0.3 is 24.3 Å². The van der Waals surface area contributed by atoms with Crippen molar-refractivity contribution in [1.29, 1.82) is 0 Å². The van der Waals surface area contributed by atoms with Gasteiger partial charge in [0.05, 0.1) is 24.5 Å². The van der Waals surface area contributed by atoms with Crippen LogP contribution >= 0.6 is 0 Å². The molecular weight excluding hydrogens is 322 g/mol. The lowest BCUT2D eigenvalue weighted by Gasteiger charge is -2.31. The van der Waals surface area contributed by atoms with Crippen LogP contribution < -0.4 is 10.1 Å². The van der Waals surface area contributed by atoms with E-state index in [1.165, 1.54) is 6.26 Å². The van der Waals surface area contributed by atoms with Gasteiger partial charge in [-0.2, -0.15) is 0 Å². The number of nitrogens with one attached hydrogen (secondary N) is 1. The van der Waals surface area contributed by atoms with Gasteiger partial charge in [-0.3, -0.25) is 4.79 Å². The maximum absolute atomic E-state index is 12.8. The summed E-state index contributed by atoms with van der Waals surface area (Å²) in [6.45, 7) is 1.46. The predicted octanol–water partition coefficient (Wildman–Crippen LogP) is 2.53. The quantitative estimate of drug-likeness (QED) is 0.895. The molecule has 2 aliphatic rings. The largest absolute Gasteiger partial charge is 0.493 e. The van der Waals surface area contributed by atoms with Gasteiger partial charge in [-0.15, -0.1) is 0 Å². The van der Waals surface area contributed by atoms with Crippen LogP contribution in [-0.4, -0.2) is 30.8 Å². The monoisotopic (exact) mass is 343 g/mol. The van der Waals surface area contributed by atoms with Crippen molar-refractivity contribution in [3.8, 4) is 5.75 Å². The molecule has 2 aliphatic heterocycles. The molecule has 0 bridgehead atoms. The number of para-hydroxylation sites is 1. The number of benzene rings is 1. The summed E-state index contributed by atoms with van der Waals surface area (Å²) >= 11 is 0. The summed E-state index contributed by atoms with van der Waals surface area (Å²) in [5.74, 6) is 0.883. The fourth-order valence-electron chi connectivity index (χ4n) is 3.51. The van der Waals surface area contributed by atoms with Crippen LogP contribution in [-0.2, 0) is 10.3 Å². The van der Waals surface area contributed by atoms with Gasteiger partial charge in [-0.25, -0.2) is 0 Å². The van der Waals surface area contributed by atoms with Crippen molar-refractivity contribution in [2.75, 3.05) is 19.8 Å². The van der Waals surface area contributed by atoms with E-state index in [4.69, 9.17) is 13.9 Å². The Morgan fingerprint density at radius 2 is 1.96 bits per heavy atom. The van der Waals surface area contributed by atoms with Crippen LogP contribution in [0, 0.1) is 0 Å². The van der Waals surface area contributed by atoms with Crippen molar-refractivity contribution >= 4 is 5.91 Å². The molecule has 6 nitrogen and oxygen atoms in total. The number of hydrogen-bond donors (Lipinski definition) is 2. The summed E-state index contributed by atoms with van der Waals surface area (Å²) in [6.07, 6.45) is 2.99. The summed E-state index contributed by atoms with van der Waals surface area (Å²) in [4.78, 5) is 12.8. The zero-order valence-corrected chi connectivity index (χ0v) is 13.9. The van der Waals surface area contributed by atoms with E-state index in [0.717, 1.165) is 11.3 Å². The molecule has 0 spiro atoms. The molecule has 0 saturated carbocycles. The Bertz CT molecular complexity index is 763. The number of aliphatic hydroxyl groups is 1. The number of rotatable bonds is 3. The van der Waals surface area contributed by atoms with Gasteiger partial charge in [0.25, 0.3) is 5.91 Å². The number of ether oxygens (including phenoxy) is 2. The molecule has 6 heteroatoms. The van der Waals surface area contributed by atoms with E-state index in [2.05, 4.69) is 5.32 Å². The molecule has 2 aromatic rings. The molecule has 1 aromatic carbocycles. The van der Waals surface area contributed by atoms with Crippen molar-refractivity contribution in [2.24, 2.45) is 0 Å². The summed E-state index contributed by atoms with van der Waals surface area (Å²) in [6, 6.07) is 9.20. The van der Waals surface area contributed by atoms with Gasteiger partial charge >= 0.3 is 0 Å². The molecule has 4 rings (SSSR count). The minimum atomic E-state index is -1.15. The Kier molecular flexibility index (Phi) is 4.23. The van der Waals surface area contributed by atoms with E-state index in [-0.39, 0.29) is 11.9 Å². The first-order valence-corrected chi connectivity index (χ1v) is 8.58. The molecule has 1 atom stereocenters. The summed E-state index contributed by atoms with van der Waals surface area (Å²) in [7, 11) is 0. The molecule has 1 fully saturated rings. The highest BCUT2D eigenvalue weighted by molar-refractivity contribution is 5.95. The van der Waals surface area contributed by atoms with Crippen molar-refractivity contribution in [1.82, 2.24) is 5.32 Å². The molecule has 1 saturated heterocycles. The zero-order chi connectivity index (χ0) is 17.3. The van der Waals surface area contributed by atoms with Gasteiger partial charge in [0.2, 0.25) is 0 Å². The molecule has 3 heterocycles. The van der Waals surface area contributed by atoms with Crippen molar-refractivity contribution in [3.63, 3.8) is 0 Å². The average molecular weight is 343 g/mol. The topological polar surface area (TPSA) is 80.9 Å². The van der Waals surface area contributed by atoms with Crippen LogP contribution in [0.1, 0.15) is 47.0 Å². The molecule has 1 aromatic heterocycles. The van der Waals surface area contributed by atoms with Crippen LogP contribution in [0.2, 0.25) is 0 Å². The van der Waals surface area contributed by atoms with Gasteiger partial charge in [-0.1, -0.05) is 18.2 Å². The van der Waals surface area contributed by atoms with E-state index in [1.807, 2.05) is 24.3 Å². The van der Waals surface area contributed by atoms with E-state index in [1.54, 1.807) is 6.07 Å². The highest BCUT2D eigenvalue weighted by Gasteiger charge is 2.38. The third-order valence-electron chi connectivity index (χ3n) is 4.92. The second-order valence-corrected chi connectivity index (χ2v) is 6.51. The molecule has 0 aliphatic carbocycles. The van der Waals surface area contributed by atoms with Gasteiger partial charge in [-0.05, 0) is 12.1 Å². The summed E-state index contributed by atoms with van der Waals surface area (Å²) in [5, 5.41) is 13.9. The number of carbonyl (C=O) groups is 1. The fraction of sp³-hybridized carbons (Fsp3) is 0.421. The number of carbonyl (C=O) groups excluding carboxylic acids is 1. The van der Waals surface area contributed by atoms with Crippen molar-refractivity contribution in [3.05, 3.63) is 53.5 Å². The van der Waals surface area contributed by atoms with E-state index in [0.29, 0.717) is 50.4 Å². The first-order chi connectivity index (χ1) is 12.2. The highest BCUT2D eigenvalue weighted by Crippen LogP contribution is 2.36. The van der Waals surface area contributed by atoms with E-state index in [9.17, 15) is 9.90 Å². The molecular formula is C19H21NO5. The van der Waals surface area contributed by atoms with Gasteiger partial charge in [0.1, 0.15) is 17.1 Å². The molecule has 25 heavy (non-hydrogen) atoms. The summed E-state index contributed by atoms with van der Waals surface area (Å²) < 4.78 is 16.4. The Labute approximate surface area is 145 Å². The molecule has 1 unspecified atom stereocenters. The Balaban J connectivity index is 1.56. The van der Waals surface area contributed by atoms with Crippen molar-refractivity contribution < 1.29 is 23.8 Å². The van der Waals surface area contributed by atoms with Crippen LogP contribution in [0.4, 0.5) is 0 Å². The maximum Gasteiger partial charge on any atom is 0.255 e. The van der Waals surface area contributed by atoms with Gasteiger partial charge in [0, 0.05) is 38.0 Å². The van der Waals surface area contributed by atoms with Crippen LogP contribution in [0.5, 0.6) is 5.75 Å². The average Bonchev–Trinajstić information content (AvgIpc) is 3.14. The Morgan fingerprint density at radius 1 is 1.16 bits per heavy atom.